The third-order valence-electron chi connectivity index (χ3n) is 5.50. The summed E-state index contributed by atoms with van der Waals surface area (Å²) in [4.78, 5) is 24.7. The fourth-order valence-corrected chi connectivity index (χ4v) is 3.82. The maximum absolute atomic E-state index is 12.5. The van der Waals surface area contributed by atoms with E-state index in [9.17, 15) is 14.7 Å². The van der Waals surface area contributed by atoms with E-state index in [1.54, 1.807) is 36.4 Å². The van der Waals surface area contributed by atoms with Crippen molar-refractivity contribution in [3.8, 4) is 11.5 Å². The van der Waals surface area contributed by atoms with E-state index >= 15 is 0 Å². The van der Waals surface area contributed by atoms with Crippen molar-refractivity contribution in [2.24, 2.45) is 5.73 Å². The third-order valence-corrected chi connectivity index (χ3v) is 5.50. The van der Waals surface area contributed by atoms with Gasteiger partial charge in [0, 0.05) is 0 Å². The molecule has 2 aromatic carbocycles. The molecule has 0 aliphatic heterocycles. The highest BCUT2D eigenvalue weighted by molar-refractivity contribution is 6.00. The van der Waals surface area contributed by atoms with Crippen LogP contribution in [0.1, 0.15) is 72.4 Å². The molecule has 142 valence electrons. The Hall–Kier alpha value is -2.82. The van der Waals surface area contributed by atoms with Gasteiger partial charge in [-0.15, -0.1) is 0 Å². The second-order valence-corrected chi connectivity index (χ2v) is 8.41. The number of ether oxygens (including phenoxy) is 1. The van der Waals surface area contributed by atoms with Gasteiger partial charge in [-0.25, -0.2) is 4.79 Å². The number of carbonyl (C=O) groups excluding carboxylic acids is 2. The van der Waals surface area contributed by atoms with Crippen LogP contribution in [0.3, 0.4) is 0 Å². The topological polar surface area (TPSA) is 89.6 Å². The van der Waals surface area contributed by atoms with Crippen LogP contribution in [0.25, 0.3) is 0 Å². The SMILES string of the molecule is CC1(C)CCC(C)(C)c2c1cc(OC(=O)c1ccccc1)c(O)c2C(N)=O. The zero-order valence-electron chi connectivity index (χ0n) is 16.1. The zero-order chi connectivity index (χ0) is 20.0. The minimum atomic E-state index is -0.730. The summed E-state index contributed by atoms with van der Waals surface area (Å²) in [5.74, 6) is -1.75. The smallest absolute Gasteiger partial charge is 0.343 e. The lowest BCUT2D eigenvalue weighted by Crippen LogP contribution is -2.36. The van der Waals surface area contributed by atoms with Gasteiger partial charge in [-0.2, -0.15) is 0 Å². The predicted octanol–water partition coefficient (Wildman–Crippen LogP) is 4.06. The molecule has 3 N–H and O–H groups in total. The van der Waals surface area contributed by atoms with Gasteiger partial charge < -0.3 is 15.6 Å². The Labute approximate surface area is 159 Å². The van der Waals surface area contributed by atoms with Crippen molar-refractivity contribution < 1.29 is 19.4 Å². The average molecular weight is 367 g/mol. The van der Waals surface area contributed by atoms with Crippen LogP contribution < -0.4 is 10.5 Å². The van der Waals surface area contributed by atoms with Crippen LogP contribution in [0.15, 0.2) is 36.4 Å². The lowest BCUT2D eigenvalue weighted by Gasteiger charge is -2.43. The lowest BCUT2D eigenvalue weighted by molar-refractivity contribution is 0.0727. The van der Waals surface area contributed by atoms with Crippen LogP contribution in [0.5, 0.6) is 11.5 Å². The Bertz CT molecular complexity index is 914. The maximum Gasteiger partial charge on any atom is 0.343 e. The number of amides is 1. The van der Waals surface area contributed by atoms with Gasteiger partial charge in [0.1, 0.15) is 0 Å². The highest BCUT2D eigenvalue weighted by Gasteiger charge is 2.42. The van der Waals surface area contributed by atoms with Gasteiger partial charge in [0.15, 0.2) is 11.5 Å². The van der Waals surface area contributed by atoms with E-state index in [0.29, 0.717) is 5.56 Å². The van der Waals surface area contributed by atoms with E-state index in [-0.39, 0.29) is 27.9 Å². The number of phenols is 1. The van der Waals surface area contributed by atoms with Gasteiger partial charge >= 0.3 is 5.97 Å². The molecule has 0 atom stereocenters. The molecule has 0 spiro atoms. The standard InChI is InChI=1S/C22H25NO4/c1-21(2)10-11-22(3,4)17-14(21)12-15(18(24)16(17)19(23)25)27-20(26)13-8-6-5-7-9-13/h5-9,12,24H,10-11H2,1-4H3,(H2,23,25). The molecule has 1 aliphatic carbocycles. The van der Waals surface area contributed by atoms with Crippen molar-refractivity contribution in [2.45, 2.75) is 51.4 Å². The molecule has 27 heavy (non-hydrogen) atoms. The number of hydrogen-bond donors (Lipinski definition) is 2. The summed E-state index contributed by atoms with van der Waals surface area (Å²) >= 11 is 0. The van der Waals surface area contributed by atoms with Crippen LogP contribution in [0.4, 0.5) is 0 Å². The van der Waals surface area contributed by atoms with Crippen molar-refractivity contribution in [3.63, 3.8) is 0 Å². The molecule has 3 rings (SSSR count). The lowest BCUT2D eigenvalue weighted by atomic mass is 9.61. The average Bonchev–Trinajstić information content (AvgIpc) is 2.60. The van der Waals surface area contributed by atoms with Crippen LogP contribution >= 0.6 is 0 Å². The number of nitrogens with two attached hydrogens (primary N) is 1. The van der Waals surface area contributed by atoms with Crippen molar-refractivity contribution in [1.29, 1.82) is 0 Å². The molecule has 1 aliphatic rings. The molecule has 0 bridgehead atoms. The van der Waals surface area contributed by atoms with Gasteiger partial charge in [-0.1, -0.05) is 45.9 Å². The Kier molecular flexibility index (Phi) is 4.50. The van der Waals surface area contributed by atoms with E-state index in [1.807, 2.05) is 13.8 Å². The van der Waals surface area contributed by atoms with Crippen LogP contribution in [-0.4, -0.2) is 17.0 Å². The summed E-state index contributed by atoms with van der Waals surface area (Å²) in [6, 6.07) is 10.2. The Morgan fingerprint density at radius 2 is 1.63 bits per heavy atom. The van der Waals surface area contributed by atoms with Gasteiger partial charge in [0.25, 0.3) is 5.91 Å². The van der Waals surface area contributed by atoms with Gasteiger partial charge in [0.05, 0.1) is 11.1 Å². The largest absolute Gasteiger partial charge is 0.504 e. The second-order valence-electron chi connectivity index (χ2n) is 8.41. The molecule has 0 unspecified atom stereocenters. The maximum atomic E-state index is 12.5. The van der Waals surface area contributed by atoms with Crippen molar-refractivity contribution in [1.82, 2.24) is 0 Å². The Morgan fingerprint density at radius 1 is 1.04 bits per heavy atom. The normalized spacial score (nSPS) is 17.0. The van der Waals surface area contributed by atoms with Crippen molar-refractivity contribution >= 4 is 11.9 Å². The molecule has 0 saturated heterocycles. The van der Waals surface area contributed by atoms with Gasteiger partial charge in [-0.05, 0) is 53.0 Å². The molecule has 0 heterocycles. The second kappa shape index (κ2) is 6.41. The number of carbonyl (C=O) groups is 2. The number of hydrogen-bond acceptors (Lipinski definition) is 4. The summed E-state index contributed by atoms with van der Waals surface area (Å²) in [6.07, 6.45) is 1.76. The molecule has 5 nitrogen and oxygen atoms in total. The first kappa shape index (κ1) is 19.0. The minimum absolute atomic E-state index is 0.0396. The predicted molar refractivity (Wildman–Crippen MR) is 103 cm³/mol. The quantitative estimate of drug-likeness (QED) is 0.632. The molecule has 1 amide bonds. The van der Waals surface area contributed by atoms with Crippen LogP contribution in [0.2, 0.25) is 0 Å². The van der Waals surface area contributed by atoms with E-state index in [1.165, 1.54) is 0 Å². The number of fused-ring (bicyclic) bond motifs is 1. The first-order valence-corrected chi connectivity index (χ1v) is 9.02. The Balaban J connectivity index is 2.19. The first-order chi connectivity index (χ1) is 12.5. The van der Waals surface area contributed by atoms with E-state index in [4.69, 9.17) is 10.5 Å². The minimum Gasteiger partial charge on any atom is -0.504 e. The van der Waals surface area contributed by atoms with Crippen LogP contribution in [-0.2, 0) is 10.8 Å². The monoisotopic (exact) mass is 367 g/mol. The van der Waals surface area contributed by atoms with Crippen molar-refractivity contribution in [2.75, 3.05) is 0 Å². The van der Waals surface area contributed by atoms with Gasteiger partial charge in [-0.3, -0.25) is 4.79 Å². The fourth-order valence-electron chi connectivity index (χ4n) is 3.82. The summed E-state index contributed by atoms with van der Waals surface area (Å²) in [5, 5.41) is 10.7. The van der Waals surface area contributed by atoms with E-state index < -0.39 is 11.9 Å². The number of benzene rings is 2. The molecule has 0 radical (unpaired) electrons. The molecule has 5 heteroatoms. The molecule has 0 fully saturated rings. The first-order valence-electron chi connectivity index (χ1n) is 9.02. The zero-order valence-corrected chi connectivity index (χ0v) is 16.1. The molecule has 0 aromatic heterocycles. The highest BCUT2D eigenvalue weighted by atomic mass is 16.5. The summed E-state index contributed by atoms with van der Waals surface area (Å²) < 4.78 is 5.45. The third kappa shape index (κ3) is 3.29. The number of rotatable bonds is 3. The molecular weight excluding hydrogens is 342 g/mol. The van der Waals surface area contributed by atoms with E-state index in [2.05, 4.69) is 13.8 Å². The van der Waals surface area contributed by atoms with E-state index in [0.717, 1.165) is 24.0 Å². The molecule has 0 saturated carbocycles. The number of primary amides is 1. The summed E-state index contributed by atoms with van der Waals surface area (Å²) in [5.41, 5.74) is 7.07. The number of esters is 1. The summed E-state index contributed by atoms with van der Waals surface area (Å²) in [6.45, 7) is 8.21. The summed E-state index contributed by atoms with van der Waals surface area (Å²) in [7, 11) is 0. The molecule has 2 aromatic rings. The fraction of sp³-hybridized carbons (Fsp3) is 0.364. The Morgan fingerprint density at radius 3 is 2.22 bits per heavy atom. The number of aromatic hydroxyl groups is 1. The highest BCUT2D eigenvalue weighted by Crippen LogP contribution is 2.51. The molecular formula is C22H25NO4. The van der Waals surface area contributed by atoms with Crippen LogP contribution in [0, 0.1) is 0 Å². The van der Waals surface area contributed by atoms with Crippen molar-refractivity contribution in [3.05, 3.63) is 58.7 Å². The van der Waals surface area contributed by atoms with Gasteiger partial charge in [0.2, 0.25) is 0 Å².